The second-order valence-corrected chi connectivity index (χ2v) is 5.47. The van der Waals surface area contributed by atoms with Crippen LogP contribution in [0.5, 0.6) is 11.5 Å². The van der Waals surface area contributed by atoms with Gasteiger partial charge < -0.3 is 14.8 Å². The minimum Gasteiger partial charge on any atom is -0.486 e. The van der Waals surface area contributed by atoms with E-state index in [1.807, 2.05) is 42.9 Å². The minimum atomic E-state index is 0.0272. The SMILES string of the molecule is Cc1nn(C)cc1C(C)NCC1COc2ccccc2O1. The molecule has 2 unspecified atom stereocenters. The van der Waals surface area contributed by atoms with Crippen LogP contribution in [-0.4, -0.2) is 29.0 Å². The first kappa shape index (κ1) is 13.9. The fourth-order valence-corrected chi connectivity index (χ4v) is 2.62. The van der Waals surface area contributed by atoms with E-state index in [0.29, 0.717) is 6.61 Å². The zero-order valence-corrected chi connectivity index (χ0v) is 12.7. The molecule has 0 spiro atoms. The molecule has 0 fully saturated rings. The Morgan fingerprint density at radius 2 is 2.14 bits per heavy atom. The van der Waals surface area contributed by atoms with Crippen LogP contribution in [0.2, 0.25) is 0 Å². The molecule has 0 amide bonds. The predicted octanol–water partition coefficient (Wildman–Crippen LogP) is 2.22. The van der Waals surface area contributed by atoms with E-state index >= 15 is 0 Å². The Labute approximate surface area is 124 Å². The number of ether oxygens (including phenoxy) is 2. The molecule has 0 bridgehead atoms. The van der Waals surface area contributed by atoms with Crippen molar-refractivity contribution in [3.8, 4) is 11.5 Å². The normalized spacial score (nSPS) is 18.5. The molecule has 1 aliphatic heterocycles. The zero-order chi connectivity index (χ0) is 14.8. The second-order valence-electron chi connectivity index (χ2n) is 5.47. The molecule has 1 aromatic heterocycles. The van der Waals surface area contributed by atoms with Crippen molar-refractivity contribution < 1.29 is 9.47 Å². The zero-order valence-electron chi connectivity index (χ0n) is 12.7. The predicted molar refractivity (Wildman–Crippen MR) is 80.7 cm³/mol. The van der Waals surface area contributed by atoms with Crippen LogP contribution in [0.3, 0.4) is 0 Å². The molecule has 5 nitrogen and oxygen atoms in total. The number of rotatable bonds is 4. The number of aryl methyl sites for hydroxylation is 2. The Bertz CT molecular complexity index is 624. The summed E-state index contributed by atoms with van der Waals surface area (Å²) < 4.78 is 13.5. The van der Waals surface area contributed by atoms with Crippen LogP contribution in [0, 0.1) is 6.92 Å². The molecule has 112 valence electrons. The number of hydrogen-bond acceptors (Lipinski definition) is 4. The molecule has 0 saturated carbocycles. The number of nitrogens with one attached hydrogen (secondary N) is 1. The quantitative estimate of drug-likeness (QED) is 0.936. The van der Waals surface area contributed by atoms with Crippen molar-refractivity contribution >= 4 is 0 Å². The maximum Gasteiger partial charge on any atom is 0.161 e. The van der Waals surface area contributed by atoms with E-state index in [1.165, 1.54) is 5.56 Å². The first-order valence-electron chi connectivity index (χ1n) is 7.25. The molecule has 0 radical (unpaired) electrons. The number of para-hydroxylation sites is 2. The summed E-state index contributed by atoms with van der Waals surface area (Å²) in [6.07, 6.45) is 2.08. The molecule has 2 heterocycles. The largest absolute Gasteiger partial charge is 0.486 e. The number of nitrogens with zero attached hydrogens (tertiary/aromatic N) is 2. The fourth-order valence-electron chi connectivity index (χ4n) is 2.62. The van der Waals surface area contributed by atoms with Crippen molar-refractivity contribution in [1.29, 1.82) is 0 Å². The third kappa shape index (κ3) is 3.03. The third-order valence-corrected chi connectivity index (χ3v) is 3.74. The highest BCUT2D eigenvalue weighted by Crippen LogP contribution is 2.30. The molecule has 1 aliphatic rings. The summed E-state index contributed by atoms with van der Waals surface area (Å²) in [6.45, 7) is 5.48. The van der Waals surface area contributed by atoms with Crippen LogP contribution >= 0.6 is 0 Å². The van der Waals surface area contributed by atoms with Crippen LogP contribution in [0.15, 0.2) is 30.5 Å². The van der Waals surface area contributed by atoms with E-state index in [2.05, 4.69) is 23.5 Å². The van der Waals surface area contributed by atoms with Gasteiger partial charge in [0, 0.05) is 31.4 Å². The van der Waals surface area contributed by atoms with Crippen molar-refractivity contribution in [2.45, 2.75) is 26.0 Å². The lowest BCUT2D eigenvalue weighted by molar-refractivity contribution is 0.0886. The van der Waals surface area contributed by atoms with Gasteiger partial charge in [0.25, 0.3) is 0 Å². The molecule has 3 rings (SSSR count). The summed E-state index contributed by atoms with van der Waals surface area (Å²) in [5.41, 5.74) is 2.28. The van der Waals surface area contributed by atoms with Gasteiger partial charge >= 0.3 is 0 Å². The highest BCUT2D eigenvalue weighted by molar-refractivity contribution is 5.40. The van der Waals surface area contributed by atoms with E-state index in [-0.39, 0.29) is 12.1 Å². The molecule has 1 N–H and O–H groups in total. The van der Waals surface area contributed by atoms with E-state index in [4.69, 9.17) is 9.47 Å². The van der Waals surface area contributed by atoms with Crippen LogP contribution in [0.25, 0.3) is 0 Å². The van der Waals surface area contributed by atoms with Gasteiger partial charge in [-0.2, -0.15) is 5.10 Å². The average Bonchev–Trinajstić information content (AvgIpc) is 2.83. The Morgan fingerprint density at radius 3 is 2.86 bits per heavy atom. The monoisotopic (exact) mass is 287 g/mol. The van der Waals surface area contributed by atoms with Crippen LogP contribution in [0.1, 0.15) is 24.2 Å². The Morgan fingerprint density at radius 1 is 1.38 bits per heavy atom. The molecule has 5 heteroatoms. The van der Waals surface area contributed by atoms with Crippen molar-refractivity contribution in [1.82, 2.24) is 15.1 Å². The van der Waals surface area contributed by atoms with Crippen LogP contribution in [0.4, 0.5) is 0 Å². The Balaban J connectivity index is 1.58. The van der Waals surface area contributed by atoms with Crippen molar-refractivity contribution in [2.24, 2.45) is 7.05 Å². The van der Waals surface area contributed by atoms with Gasteiger partial charge in [-0.3, -0.25) is 4.68 Å². The molecule has 0 aliphatic carbocycles. The summed E-state index contributed by atoms with van der Waals surface area (Å²) >= 11 is 0. The summed E-state index contributed by atoms with van der Waals surface area (Å²) in [5, 5.41) is 7.87. The average molecular weight is 287 g/mol. The van der Waals surface area contributed by atoms with E-state index < -0.39 is 0 Å². The van der Waals surface area contributed by atoms with E-state index in [0.717, 1.165) is 23.7 Å². The van der Waals surface area contributed by atoms with Gasteiger partial charge in [0.2, 0.25) is 0 Å². The minimum absolute atomic E-state index is 0.0272. The van der Waals surface area contributed by atoms with Gasteiger partial charge in [0.1, 0.15) is 12.7 Å². The van der Waals surface area contributed by atoms with E-state index in [1.54, 1.807) is 0 Å². The van der Waals surface area contributed by atoms with Gasteiger partial charge in [0.15, 0.2) is 11.5 Å². The first-order chi connectivity index (χ1) is 10.1. The van der Waals surface area contributed by atoms with Gasteiger partial charge in [-0.05, 0) is 26.0 Å². The molecule has 21 heavy (non-hydrogen) atoms. The Hall–Kier alpha value is -2.01. The topological polar surface area (TPSA) is 48.3 Å². The maximum absolute atomic E-state index is 5.95. The van der Waals surface area contributed by atoms with Crippen LogP contribution in [-0.2, 0) is 7.05 Å². The lowest BCUT2D eigenvalue weighted by Gasteiger charge is -2.27. The van der Waals surface area contributed by atoms with Gasteiger partial charge in [-0.15, -0.1) is 0 Å². The smallest absolute Gasteiger partial charge is 0.161 e. The molecule has 2 atom stereocenters. The molecule has 2 aromatic rings. The van der Waals surface area contributed by atoms with Gasteiger partial charge in [0.05, 0.1) is 5.69 Å². The van der Waals surface area contributed by atoms with Gasteiger partial charge in [-0.1, -0.05) is 12.1 Å². The fraction of sp³-hybridized carbons (Fsp3) is 0.438. The Kier molecular flexibility index (Phi) is 3.84. The summed E-state index contributed by atoms with van der Waals surface area (Å²) in [5.74, 6) is 1.64. The van der Waals surface area contributed by atoms with E-state index in [9.17, 15) is 0 Å². The lowest BCUT2D eigenvalue weighted by Crippen LogP contribution is -2.39. The summed E-state index contributed by atoms with van der Waals surface area (Å²) in [7, 11) is 1.94. The lowest BCUT2D eigenvalue weighted by atomic mass is 10.1. The highest BCUT2D eigenvalue weighted by atomic mass is 16.6. The van der Waals surface area contributed by atoms with Crippen molar-refractivity contribution in [3.63, 3.8) is 0 Å². The van der Waals surface area contributed by atoms with Crippen LogP contribution < -0.4 is 14.8 Å². The third-order valence-electron chi connectivity index (χ3n) is 3.74. The number of fused-ring (bicyclic) bond motifs is 1. The molecular weight excluding hydrogens is 266 g/mol. The first-order valence-corrected chi connectivity index (χ1v) is 7.25. The second kappa shape index (κ2) is 5.77. The molecule has 0 saturated heterocycles. The molecular formula is C16H21N3O2. The summed E-state index contributed by atoms with van der Waals surface area (Å²) in [6, 6.07) is 8.02. The van der Waals surface area contributed by atoms with Gasteiger partial charge in [-0.25, -0.2) is 0 Å². The number of aromatic nitrogens is 2. The highest BCUT2D eigenvalue weighted by Gasteiger charge is 2.21. The number of benzene rings is 1. The van der Waals surface area contributed by atoms with Crippen molar-refractivity contribution in [3.05, 3.63) is 41.7 Å². The molecule has 1 aromatic carbocycles. The standard InChI is InChI=1S/C16H21N3O2/c1-11(14-9-19(3)18-12(14)2)17-8-13-10-20-15-6-4-5-7-16(15)21-13/h4-7,9,11,13,17H,8,10H2,1-3H3. The maximum atomic E-state index is 5.95. The van der Waals surface area contributed by atoms with Crippen molar-refractivity contribution in [2.75, 3.05) is 13.2 Å². The number of hydrogen-bond donors (Lipinski definition) is 1. The summed E-state index contributed by atoms with van der Waals surface area (Å²) in [4.78, 5) is 0.